The number of hydrogen-bond donors (Lipinski definition) is 2. The standard InChI is InChI=1S/C19H19NO5/c21-18-14-3-1-2-13(10-14)11-16-12-15(19(22)23)4-5-17(16)25-9-8-24-7-6-20-18/h1-5,10,12H,6-9,11H2,(H,20,21)(H,22,23). The highest BCUT2D eigenvalue weighted by Crippen LogP contribution is 2.24. The molecule has 0 radical (unpaired) electrons. The van der Waals surface area contributed by atoms with Crippen molar-refractivity contribution in [3.63, 3.8) is 0 Å². The van der Waals surface area contributed by atoms with E-state index in [1.807, 2.05) is 12.1 Å². The summed E-state index contributed by atoms with van der Waals surface area (Å²) in [6.45, 7) is 1.58. The highest BCUT2D eigenvalue weighted by Gasteiger charge is 2.12. The molecule has 0 saturated heterocycles. The molecule has 130 valence electrons. The second kappa shape index (κ2) is 7.81. The molecule has 0 fully saturated rings. The van der Waals surface area contributed by atoms with E-state index in [9.17, 15) is 14.7 Å². The maximum Gasteiger partial charge on any atom is 0.335 e. The van der Waals surface area contributed by atoms with Gasteiger partial charge < -0.3 is 19.9 Å². The molecule has 6 nitrogen and oxygen atoms in total. The van der Waals surface area contributed by atoms with Crippen molar-refractivity contribution in [1.82, 2.24) is 5.32 Å². The molecule has 2 aromatic rings. The molecule has 1 aliphatic heterocycles. The van der Waals surface area contributed by atoms with Gasteiger partial charge in [-0.05, 0) is 41.5 Å². The van der Waals surface area contributed by atoms with E-state index in [4.69, 9.17) is 9.47 Å². The number of amides is 1. The molecule has 0 atom stereocenters. The van der Waals surface area contributed by atoms with Crippen LogP contribution in [0.5, 0.6) is 5.75 Å². The minimum atomic E-state index is -0.987. The van der Waals surface area contributed by atoms with Gasteiger partial charge in [-0.1, -0.05) is 12.1 Å². The van der Waals surface area contributed by atoms with Gasteiger partial charge in [0, 0.05) is 18.5 Å². The summed E-state index contributed by atoms with van der Waals surface area (Å²) in [5.74, 6) is -0.516. The largest absolute Gasteiger partial charge is 0.491 e. The Morgan fingerprint density at radius 2 is 1.96 bits per heavy atom. The molecule has 25 heavy (non-hydrogen) atoms. The van der Waals surface area contributed by atoms with Crippen molar-refractivity contribution in [2.75, 3.05) is 26.4 Å². The van der Waals surface area contributed by atoms with Gasteiger partial charge in [0.1, 0.15) is 12.4 Å². The van der Waals surface area contributed by atoms with Crippen molar-refractivity contribution in [1.29, 1.82) is 0 Å². The average Bonchev–Trinajstić information content (AvgIpc) is 2.61. The summed E-state index contributed by atoms with van der Waals surface area (Å²) in [5, 5.41) is 12.0. The Balaban J connectivity index is 1.97. The molecule has 2 bridgehead atoms. The predicted molar refractivity (Wildman–Crippen MR) is 91.3 cm³/mol. The van der Waals surface area contributed by atoms with Crippen LogP contribution in [0, 0.1) is 0 Å². The first-order valence-corrected chi connectivity index (χ1v) is 8.07. The lowest BCUT2D eigenvalue weighted by Crippen LogP contribution is -2.28. The van der Waals surface area contributed by atoms with E-state index >= 15 is 0 Å². The molecular formula is C19H19NO5. The van der Waals surface area contributed by atoms with Crippen LogP contribution in [0.1, 0.15) is 31.8 Å². The fraction of sp³-hybridized carbons (Fsp3) is 0.263. The Hall–Kier alpha value is -2.86. The van der Waals surface area contributed by atoms with Gasteiger partial charge in [0.25, 0.3) is 5.91 Å². The van der Waals surface area contributed by atoms with Gasteiger partial charge in [0.05, 0.1) is 18.8 Å². The monoisotopic (exact) mass is 341 g/mol. The molecular weight excluding hydrogens is 322 g/mol. The highest BCUT2D eigenvalue weighted by molar-refractivity contribution is 5.94. The number of rotatable bonds is 1. The lowest BCUT2D eigenvalue weighted by atomic mass is 10.00. The van der Waals surface area contributed by atoms with Crippen molar-refractivity contribution in [2.24, 2.45) is 0 Å². The van der Waals surface area contributed by atoms with E-state index in [2.05, 4.69) is 5.32 Å². The fourth-order valence-electron chi connectivity index (χ4n) is 2.69. The average molecular weight is 341 g/mol. The number of carbonyl (C=O) groups is 2. The second-order valence-corrected chi connectivity index (χ2v) is 5.72. The van der Waals surface area contributed by atoms with Crippen LogP contribution in [0.2, 0.25) is 0 Å². The summed E-state index contributed by atoms with van der Waals surface area (Å²) in [6.07, 6.45) is 0.471. The van der Waals surface area contributed by atoms with Gasteiger partial charge in [-0.25, -0.2) is 4.79 Å². The van der Waals surface area contributed by atoms with Crippen molar-refractivity contribution in [3.8, 4) is 5.75 Å². The van der Waals surface area contributed by atoms with Gasteiger partial charge in [-0.3, -0.25) is 4.79 Å². The first-order valence-electron chi connectivity index (χ1n) is 8.07. The minimum absolute atomic E-state index is 0.154. The molecule has 0 saturated carbocycles. The zero-order valence-corrected chi connectivity index (χ0v) is 13.7. The fourth-order valence-corrected chi connectivity index (χ4v) is 2.69. The predicted octanol–water partition coefficient (Wildman–Crippen LogP) is 2.11. The Morgan fingerprint density at radius 1 is 1.08 bits per heavy atom. The van der Waals surface area contributed by atoms with Crippen LogP contribution in [0.15, 0.2) is 42.5 Å². The van der Waals surface area contributed by atoms with Gasteiger partial charge in [0.15, 0.2) is 0 Å². The van der Waals surface area contributed by atoms with Crippen molar-refractivity contribution in [3.05, 3.63) is 64.7 Å². The summed E-state index contributed by atoms with van der Waals surface area (Å²) in [4.78, 5) is 23.4. The van der Waals surface area contributed by atoms with Crippen molar-refractivity contribution >= 4 is 11.9 Å². The maximum atomic E-state index is 12.2. The summed E-state index contributed by atoms with van der Waals surface area (Å²) in [5.41, 5.74) is 2.43. The molecule has 0 aliphatic carbocycles. The normalized spacial score (nSPS) is 15.3. The van der Waals surface area contributed by atoms with Gasteiger partial charge in [-0.15, -0.1) is 0 Å². The van der Waals surface area contributed by atoms with Crippen molar-refractivity contribution < 1.29 is 24.2 Å². The Morgan fingerprint density at radius 3 is 2.80 bits per heavy atom. The summed E-state index contributed by atoms with van der Waals surface area (Å²) in [6, 6.07) is 12.1. The van der Waals surface area contributed by atoms with Gasteiger partial charge in [-0.2, -0.15) is 0 Å². The third-order valence-electron chi connectivity index (χ3n) is 3.91. The zero-order valence-electron chi connectivity index (χ0n) is 13.7. The SMILES string of the molecule is O=C(O)c1ccc2c(c1)Cc1cccc(c1)C(=O)NCCOCCO2. The molecule has 0 aromatic heterocycles. The topological polar surface area (TPSA) is 84.9 Å². The number of carboxylic acid groups (broad SMARTS) is 1. The van der Waals surface area contributed by atoms with Crippen LogP contribution in [0.25, 0.3) is 0 Å². The van der Waals surface area contributed by atoms with Crippen LogP contribution in [-0.4, -0.2) is 43.3 Å². The first-order chi connectivity index (χ1) is 12.1. The van der Waals surface area contributed by atoms with Gasteiger partial charge >= 0.3 is 5.97 Å². The lowest BCUT2D eigenvalue weighted by molar-refractivity contribution is 0.0696. The van der Waals surface area contributed by atoms with E-state index in [1.54, 1.807) is 24.3 Å². The third-order valence-corrected chi connectivity index (χ3v) is 3.91. The van der Waals surface area contributed by atoms with Gasteiger partial charge in [0.2, 0.25) is 0 Å². The van der Waals surface area contributed by atoms with E-state index < -0.39 is 5.97 Å². The first kappa shape index (κ1) is 17.0. The van der Waals surface area contributed by atoms with Crippen LogP contribution in [-0.2, 0) is 11.2 Å². The zero-order chi connectivity index (χ0) is 17.6. The molecule has 1 heterocycles. The van der Waals surface area contributed by atoms with Crippen LogP contribution < -0.4 is 10.1 Å². The van der Waals surface area contributed by atoms with E-state index in [0.717, 1.165) is 11.1 Å². The number of fused-ring (bicyclic) bond motifs is 3. The number of carbonyl (C=O) groups excluding carboxylic acids is 1. The number of benzene rings is 2. The maximum absolute atomic E-state index is 12.2. The minimum Gasteiger partial charge on any atom is -0.491 e. The molecule has 1 aliphatic rings. The Bertz CT molecular complexity index is 787. The summed E-state index contributed by atoms with van der Waals surface area (Å²) < 4.78 is 11.2. The number of ether oxygens (including phenoxy) is 2. The second-order valence-electron chi connectivity index (χ2n) is 5.72. The van der Waals surface area contributed by atoms with Crippen molar-refractivity contribution in [2.45, 2.75) is 6.42 Å². The highest BCUT2D eigenvalue weighted by atomic mass is 16.5. The molecule has 3 rings (SSSR count). The lowest BCUT2D eigenvalue weighted by Gasteiger charge is -2.14. The number of carboxylic acids is 1. The summed E-state index contributed by atoms with van der Waals surface area (Å²) >= 11 is 0. The molecule has 2 aromatic carbocycles. The molecule has 2 N–H and O–H groups in total. The third kappa shape index (κ3) is 4.36. The van der Waals surface area contributed by atoms with Crippen LogP contribution >= 0.6 is 0 Å². The Kier molecular flexibility index (Phi) is 5.30. The quantitative estimate of drug-likeness (QED) is 0.830. The number of aromatic carboxylic acids is 1. The number of nitrogens with one attached hydrogen (secondary N) is 1. The summed E-state index contributed by atoms with van der Waals surface area (Å²) in [7, 11) is 0. The Labute approximate surface area is 145 Å². The van der Waals surface area contributed by atoms with Crippen LogP contribution in [0.4, 0.5) is 0 Å². The molecule has 1 amide bonds. The molecule has 0 unspecified atom stereocenters. The smallest absolute Gasteiger partial charge is 0.335 e. The number of hydrogen-bond acceptors (Lipinski definition) is 4. The van der Waals surface area contributed by atoms with E-state index in [1.165, 1.54) is 6.07 Å². The van der Waals surface area contributed by atoms with E-state index in [0.29, 0.717) is 44.1 Å². The van der Waals surface area contributed by atoms with E-state index in [-0.39, 0.29) is 11.5 Å². The van der Waals surface area contributed by atoms with Crippen LogP contribution in [0.3, 0.4) is 0 Å². The molecule has 0 spiro atoms. The molecule has 6 heteroatoms.